The number of carbonyl (C=O) groups is 2. The summed E-state index contributed by atoms with van der Waals surface area (Å²) in [7, 11) is 0. The second-order valence-electron chi connectivity index (χ2n) is 8.95. The third-order valence-electron chi connectivity index (χ3n) is 6.85. The van der Waals surface area contributed by atoms with Crippen LogP contribution in [-0.2, 0) is 0 Å². The van der Waals surface area contributed by atoms with Crippen LogP contribution in [0.25, 0.3) is 11.3 Å². The molecule has 2 heterocycles. The fraction of sp³-hybridized carbons (Fsp3) is 0.333. The molecule has 33 heavy (non-hydrogen) atoms. The van der Waals surface area contributed by atoms with Gasteiger partial charge >= 0.3 is 0 Å². The van der Waals surface area contributed by atoms with Crippen molar-refractivity contribution >= 4 is 17.5 Å². The van der Waals surface area contributed by atoms with E-state index in [1.807, 2.05) is 23.1 Å². The van der Waals surface area contributed by atoms with E-state index in [0.29, 0.717) is 34.7 Å². The topological polar surface area (TPSA) is 62.6 Å². The van der Waals surface area contributed by atoms with Crippen molar-refractivity contribution in [1.82, 2.24) is 4.90 Å². The number of fused-ring (bicyclic) bond motifs is 1. The van der Waals surface area contributed by atoms with Gasteiger partial charge in [-0.15, -0.1) is 0 Å². The number of anilines is 1. The van der Waals surface area contributed by atoms with Gasteiger partial charge in [0, 0.05) is 29.4 Å². The molecule has 0 spiro atoms. The Kier molecular flexibility index (Phi) is 5.99. The molecule has 3 aromatic rings. The molecule has 170 valence electrons. The zero-order valence-electron chi connectivity index (χ0n) is 18.4. The van der Waals surface area contributed by atoms with Gasteiger partial charge in [0.2, 0.25) is 0 Å². The summed E-state index contributed by atoms with van der Waals surface area (Å²) in [4.78, 5) is 27.5. The summed E-state index contributed by atoms with van der Waals surface area (Å²) in [5.74, 6) is 0.920. The van der Waals surface area contributed by atoms with Gasteiger partial charge < -0.3 is 14.6 Å². The standard InChI is InChI=1S/C27H27FN2O3/c28-21-11-7-20(8-12-21)26(31)29-22-13-9-19(10-14-22)24-15-16-25(33-24)27(32)30-17-3-5-18-4-1-2-6-23(18)30/h7-16,18,23H,1-6,17H2,(H,29,31). The molecule has 2 fully saturated rings. The Bertz CT molecular complexity index is 1130. The lowest BCUT2D eigenvalue weighted by atomic mass is 9.78. The van der Waals surface area contributed by atoms with Crippen molar-refractivity contribution < 1.29 is 18.4 Å². The number of carbonyl (C=O) groups excluding carboxylic acids is 2. The van der Waals surface area contributed by atoms with E-state index in [1.54, 1.807) is 18.2 Å². The normalized spacial score (nSPS) is 20.2. The van der Waals surface area contributed by atoms with Gasteiger partial charge in [0.15, 0.2) is 5.76 Å². The van der Waals surface area contributed by atoms with Crippen molar-refractivity contribution in [1.29, 1.82) is 0 Å². The highest BCUT2D eigenvalue weighted by molar-refractivity contribution is 6.04. The number of benzene rings is 2. The first-order chi connectivity index (χ1) is 16.1. The van der Waals surface area contributed by atoms with Gasteiger partial charge in [0.1, 0.15) is 11.6 Å². The van der Waals surface area contributed by atoms with E-state index in [1.165, 1.54) is 49.9 Å². The third kappa shape index (κ3) is 4.56. The number of amides is 2. The summed E-state index contributed by atoms with van der Waals surface area (Å²) in [5, 5.41) is 2.80. The Hall–Kier alpha value is -3.41. The van der Waals surface area contributed by atoms with Crippen LogP contribution in [0.15, 0.2) is 65.1 Å². The van der Waals surface area contributed by atoms with E-state index in [-0.39, 0.29) is 17.6 Å². The Labute approximate surface area is 192 Å². The second-order valence-corrected chi connectivity index (χ2v) is 8.95. The first kappa shape index (κ1) is 21.4. The van der Waals surface area contributed by atoms with Crippen LogP contribution in [0.4, 0.5) is 10.1 Å². The van der Waals surface area contributed by atoms with Crippen LogP contribution in [0.5, 0.6) is 0 Å². The summed E-state index contributed by atoms with van der Waals surface area (Å²) >= 11 is 0. The lowest BCUT2D eigenvalue weighted by molar-refractivity contribution is 0.0363. The van der Waals surface area contributed by atoms with Crippen molar-refractivity contribution in [2.45, 2.75) is 44.6 Å². The number of hydrogen-bond donors (Lipinski definition) is 1. The first-order valence-electron chi connectivity index (χ1n) is 11.7. The van der Waals surface area contributed by atoms with Crippen LogP contribution in [0.1, 0.15) is 59.4 Å². The minimum absolute atomic E-state index is 0.0129. The number of piperidine rings is 1. The maximum absolute atomic E-state index is 13.2. The zero-order valence-corrected chi connectivity index (χ0v) is 18.4. The summed E-state index contributed by atoms with van der Waals surface area (Å²) in [6.07, 6.45) is 7.07. The van der Waals surface area contributed by atoms with Gasteiger partial charge in [0.05, 0.1) is 0 Å². The summed E-state index contributed by atoms with van der Waals surface area (Å²) in [6.45, 7) is 0.804. The zero-order chi connectivity index (χ0) is 22.8. The Balaban J connectivity index is 1.26. The molecule has 2 unspecified atom stereocenters. The van der Waals surface area contributed by atoms with Gasteiger partial charge in [-0.05, 0) is 92.3 Å². The van der Waals surface area contributed by atoms with E-state index in [4.69, 9.17) is 4.42 Å². The molecule has 1 aliphatic heterocycles. The Morgan fingerprint density at radius 2 is 1.61 bits per heavy atom. The smallest absolute Gasteiger partial charge is 0.289 e. The maximum Gasteiger partial charge on any atom is 0.289 e. The molecule has 5 nitrogen and oxygen atoms in total. The quantitative estimate of drug-likeness (QED) is 0.524. The summed E-state index contributed by atoms with van der Waals surface area (Å²) in [6, 6.07) is 16.6. The largest absolute Gasteiger partial charge is 0.451 e. The number of likely N-dealkylation sites (tertiary alicyclic amines) is 1. The molecule has 2 aromatic carbocycles. The number of hydrogen-bond acceptors (Lipinski definition) is 3. The monoisotopic (exact) mass is 446 g/mol. The van der Waals surface area contributed by atoms with Crippen LogP contribution in [0.3, 0.4) is 0 Å². The second kappa shape index (κ2) is 9.22. The molecule has 0 radical (unpaired) electrons. The molecule has 2 atom stereocenters. The molecule has 1 saturated carbocycles. The van der Waals surface area contributed by atoms with Crippen molar-refractivity contribution in [3.8, 4) is 11.3 Å². The summed E-state index contributed by atoms with van der Waals surface area (Å²) in [5.41, 5.74) is 1.82. The molecule has 2 amide bonds. The van der Waals surface area contributed by atoms with Crippen LogP contribution < -0.4 is 5.32 Å². The number of nitrogens with zero attached hydrogens (tertiary/aromatic N) is 1. The van der Waals surface area contributed by atoms with E-state index in [2.05, 4.69) is 5.32 Å². The van der Waals surface area contributed by atoms with E-state index in [9.17, 15) is 14.0 Å². The molecule has 6 heteroatoms. The number of halogens is 1. The molecule has 1 N–H and O–H groups in total. The fourth-order valence-corrected chi connectivity index (χ4v) is 5.15. The van der Waals surface area contributed by atoms with E-state index >= 15 is 0 Å². The number of furan rings is 1. The van der Waals surface area contributed by atoms with Crippen LogP contribution >= 0.6 is 0 Å². The van der Waals surface area contributed by atoms with E-state index < -0.39 is 0 Å². The van der Waals surface area contributed by atoms with Gasteiger partial charge in [-0.2, -0.15) is 0 Å². The lowest BCUT2D eigenvalue weighted by Crippen LogP contribution is -2.49. The van der Waals surface area contributed by atoms with Crippen LogP contribution in [0.2, 0.25) is 0 Å². The maximum atomic E-state index is 13.2. The number of nitrogens with one attached hydrogen (secondary N) is 1. The molecular weight excluding hydrogens is 419 g/mol. The van der Waals surface area contributed by atoms with Crippen molar-refractivity contribution in [2.24, 2.45) is 5.92 Å². The molecule has 5 rings (SSSR count). The molecule has 1 saturated heterocycles. The molecule has 1 aliphatic carbocycles. The highest BCUT2D eigenvalue weighted by Crippen LogP contribution is 2.36. The molecule has 2 aliphatic rings. The molecule has 1 aromatic heterocycles. The predicted octanol–water partition coefficient (Wildman–Crippen LogP) is 6.13. The Morgan fingerprint density at radius 1 is 0.879 bits per heavy atom. The number of rotatable bonds is 4. The average Bonchev–Trinajstić information content (AvgIpc) is 3.34. The molecule has 0 bridgehead atoms. The Morgan fingerprint density at radius 3 is 2.39 bits per heavy atom. The van der Waals surface area contributed by atoms with Crippen LogP contribution in [-0.4, -0.2) is 29.3 Å². The van der Waals surface area contributed by atoms with E-state index in [0.717, 1.165) is 24.9 Å². The van der Waals surface area contributed by atoms with Gasteiger partial charge in [-0.3, -0.25) is 9.59 Å². The SMILES string of the molecule is O=C(Nc1ccc(-c2ccc(C(=O)N3CCCC4CCCCC43)o2)cc1)c1ccc(F)cc1. The third-order valence-corrected chi connectivity index (χ3v) is 6.85. The van der Waals surface area contributed by atoms with Gasteiger partial charge in [0.25, 0.3) is 11.8 Å². The minimum atomic E-state index is -0.383. The minimum Gasteiger partial charge on any atom is -0.451 e. The summed E-state index contributed by atoms with van der Waals surface area (Å²) < 4.78 is 19.0. The van der Waals surface area contributed by atoms with Crippen LogP contribution in [0, 0.1) is 11.7 Å². The fourth-order valence-electron chi connectivity index (χ4n) is 5.15. The van der Waals surface area contributed by atoms with Crippen molar-refractivity contribution in [3.05, 3.63) is 77.8 Å². The highest BCUT2D eigenvalue weighted by atomic mass is 19.1. The molecular formula is C27H27FN2O3. The van der Waals surface area contributed by atoms with Crippen molar-refractivity contribution in [3.63, 3.8) is 0 Å². The van der Waals surface area contributed by atoms with Gasteiger partial charge in [-0.25, -0.2) is 4.39 Å². The highest BCUT2D eigenvalue weighted by Gasteiger charge is 2.36. The average molecular weight is 447 g/mol. The van der Waals surface area contributed by atoms with Crippen molar-refractivity contribution in [2.75, 3.05) is 11.9 Å². The lowest BCUT2D eigenvalue weighted by Gasteiger charge is -2.43. The first-order valence-corrected chi connectivity index (χ1v) is 11.7. The van der Waals surface area contributed by atoms with Gasteiger partial charge in [-0.1, -0.05) is 12.8 Å². The predicted molar refractivity (Wildman–Crippen MR) is 125 cm³/mol.